The summed E-state index contributed by atoms with van der Waals surface area (Å²) in [6.07, 6.45) is 53.1. The van der Waals surface area contributed by atoms with E-state index in [-0.39, 0.29) is 25.7 Å². The summed E-state index contributed by atoms with van der Waals surface area (Å²) < 4.78 is 68.3. The van der Waals surface area contributed by atoms with Gasteiger partial charge >= 0.3 is 39.5 Å². The van der Waals surface area contributed by atoms with Crippen LogP contribution in [0.3, 0.4) is 0 Å². The van der Waals surface area contributed by atoms with Crippen molar-refractivity contribution >= 4 is 39.5 Å². The number of aliphatic hydroxyl groups is 1. The number of phosphoric ester groups is 2. The zero-order valence-electron chi connectivity index (χ0n) is 60.6. The van der Waals surface area contributed by atoms with Crippen LogP contribution in [0.25, 0.3) is 0 Å². The highest BCUT2D eigenvalue weighted by Crippen LogP contribution is 2.45. The summed E-state index contributed by atoms with van der Waals surface area (Å²) in [6.45, 7) is 9.51. The molecule has 0 spiro atoms. The van der Waals surface area contributed by atoms with Crippen molar-refractivity contribution in [3.05, 3.63) is 0 Å². The molecule has 0 bridgehead atoms. The lowest BCUT2D eigenvalue weighted by molar-refractivity contribution is -0.161. The van der Waals surface area contributed by atoms with Crippen LogP contribution in [0.2, 0.25) is 0 Å². The van der Waals surface area contributed by atoms with Crippen LogP contribution in [0.4, 0.5) is 0 Å². The van der Waals surface area contributed by atoms with E-state index in [0.717, 1.165) is 115 Å². The highest BCUT2D eigenvalue weighted by molar-refractivity contribution is 7.47. The van der Waals surface area contributed by atoms with Crippen LogP contribution in [0, 0.1) is 11.8 Å². The molecule has 0 heterocycles. The van der Waals surface area contributed by atoms with Gasteiger partial charge in [0.05, 0.1) is 26.4 Å². The van der Waals surface area contributed by atoms with Gasteiger partial charge in [0, 0.05) is 25.7 Å². The van der Waals surface area contributed by atoms with E-state index >= 15 is 0 Å². The minimum absolute atomic E-state index is 0.105. The van der Waals surface area contributed by atoms with Crippen molar-refractivity contribution in [3.63, 3.8) is 0 Å². The molecule has 552 valence electrons. The first-order valence-electron chi connectivity index (χ1n) is 38.5. The summed E-state index contributed by atoms with van der Waals surface area (Å²) in [7, 11) is -9.90. The maximum atomic E-state index is 13.1. The third-order valence-corrected chi connectivity index (χ3v) is 19.5. The number of hydrogen-bond acceptors (Lipinski definition) is 15. The number of phosphoric acid groups is 2. The number of rotatable bonds is 73. The molecule has 0 fully saturated rings. The zero-order valence-corrected chi connectivity index (χ0v) is 62.3. The third kappa shape index (κ3) is 67.0. The van der Waals surface area contributed by atoms with Crippen LogP contribution in [-0.4, -0.2) is 96.7 Å². The molecule has 6 atom stereocenters. The molecule has 0 aliphatic heterocycles. The van der Waals surface area contributed by atoms with Gasteiger partial charge in [-0.15, -0.1) is 0 Å². The largest absolute Gasteiger partial charge is 0.472 e. The van der Waals surface area contributed by atoms with Gasteiger partial charge in [0.2, 0.25) is 0 Å². The Morgan fingerprint density at radius 1 is 0.312 bits per heavy atom. The van der Waals surface area contributed by atoms with E-state index in [4.69, 9.17) is 37.0 Å². The number of carbonyl (C=O) groups is 4. The first-order valence-corrected chi connectivity index (χ1v) is 41.5. The fourth-order valence-corrected chi connectivity index (χ4v) is 12.8. The van der Waals surface area contributed by atoms with E-state index < -0.39 is 97.5 Å². The molecule has 17 nitrogen and oxygen atoms in total. The topological polar surface area (TPSA) is 237 Å². The lowest BCUT2D eigenvalue weighted by Crippen LogP contribution is -2.30. The van der Waals surface area contributed by atoms with Crippen LogP contribution in [0.1, 0.15) is 382 Å². The smallest absolute Gasteiger partial charge is 0.462 e. The number of aliphatic hydroxyl groups excluding tert-OH is 1. The van der Waals surface area contributed by atoms with E-state index in [2.05, 4.69) is 41.5 Å². The second kappa shape index (κ2) is 66.0. The Kier molecular flexibility index (Phi) is 64.6. The Labute approximate surface area is 568 Å². The van der Waals surface area contributed by atoms with Crippen molar-refractivity contribution in [3.8, 4) is 0 Å². The maximum Gasteiger partial charge on any atom is 0.472 e. The second-order valence-corrected chi connectivity index (χ2v) is 30.3. The predicted octanol–water partition coefficient (Wildman–Crippen LogP) is 21.6. The average molecular weight is 1370 g/mol. The molecule has 0 radical (unpaired) electrons. The molecular formula is C74H144O17P2. The van der Waals surface area contributed by atoms with Crippen molar-refractivity contribution in [1.29, 1.82) is 0 Å². The van der Waals surface area contributed by atoms with Crippen molar-refractivity contribution in [1.82, 2.24) is 0 Å². The van der Waals surface area contributed by atoms with Gasteiger partial charge < -0.3 is 33.8 Å². The minimum atomic E-state index is -4.95. The predicted molar refractivity (Wildman–Crippen MR) is 377 cm³/mol. The normalized spacial score (nSPS) is 14.3. The fraction of sp³-hybridized carbons (Fsp3) is 0.946. The molecule has 0 aliphatic carbocycles. The van der Waals surface area contributed by atoms with E-state index in [9.17, 15) is 43.2 Å². The molecule has 93 heavy (non-hydrogen) atoms. The van der Waals surface area contributed by atoms with Gasteiger partial charge in [-0.3, -0.25) is 37.3 Å². The quantitative estimate of drug-likeness (QED) is 0.0222. The summed E-state index contributed by atoms with van der Waals surface area (Å²) in [5.74, 6) is -0.613. The molecule has 0 saturated carbocycles. The van der Waals surface area contributed by atoms with Crippen LogP contribution in [0.5, 0.6) is 0 Å². The Morgan fingerprint density at radius 3 is 0.817 bits per heavy atom. The first-order chi connectivity index (χ1) is 44.9. The summed E-state index contributed by atoms with van der Waals surface area (Å²) in [4.78, 5) is 72.5. The first kappa shape index (κ1) is 91.1. The van der Waals surface area contributed by atoms with Gasteiger partial charge in [0.25, 0.3) is 0 Å². The highest BCUT2D eigenvalue weighted by Gasteiger charge is 2.30. The van der Waals surface area contributed by atoms with Gasteiger partial charge in [-0.1, -0.05) is 330 Å². The molecule has 0 aromatic rings. The summed E-state index contributed by atoms with van der Waals surface area (Å²) >= 11 is 0. The number of ether oxygens (including phenoxy) is 4. The van der Waals surface area contributed by atoms with Gasteiger partial charge in [0.1, 0.15) is 19.3 Å². The van der Waals surface area contributed by atoms with Crippen molar-refractivity contribution in [2.24, 2.45) is 11.8 Å². The van der Waals surface area contributed by atoms with E-state index in [1.165, 1.54) is 186 Å². The molecule has 0 aromatic carbocycles. The Morgan fingerprint density at radius 2 is 0.548 bits per heavy atom. The third-order valence-electron chi connectivity index (χ3n) is 17.6. The number of esters is 4. The molecule has 3 unspecified atom stereocenters. The SMILES string of the molecule is CCCCCCCCCCCCCCCCCCCCCCCCC(=O)O[C@H](COC(=O)CCCCCCCCCCCC(C)C)COP(=O)(O)OC[C@@H](O)COP(=O)(O)OC[C@@H](COC(=O)CCCCCCCCC)OC(=O)CCCCCCCCCCC(C)CC. The Bertz CT molecular complexity index is 1810. The fourth-order valence-electron chi connectivity index (χ4n) is 11.3. The van der Waals surface area contributed by atoms with Crippen LogP contribution >= 0.6 is 15.6 Å². The molecule has 0 rings (SSSR count). The van der Waals surface area contributed by atoms with E-state index in [1.807, 2.05) is 0 Å². The standard InChI is InChI=1S/C74H144O17P2/c1-7-10-12-14-16-17-18-19-20-21-22-23-24-25-26-27-28-29-32-40-46-52-58-73(78)90-70(63-85-72(77)57-51-45-39-33-30-31-37-42-48-54-66(4)5)65-89-93(82,83)87-61-68(75)60-86-92(80,81)88-64-69(62-84-71(76)56-50-44-36-15-13-11-8-2)91-74(79)59-53-47-41-35-34-38-43-49-55-67(6)9-3/h66-70,75H,7-65H2,1-6H3,(H,80,81)(H,82,83)/t67?,68-,69+,70+/m0/s1. The van der Waals surface area contributed by atoms with E-state index in [0.29, 0.717) is 25.7 Å². The molecule has 3 N–H and O–H groups in total. The lowest BCUT2D eigenvalue weighted by atomic mass is 9.99. The molecule has 0 saturated heterocycles. The maximum absolute atomic E-state index is 13.1. The van der Waals surface area contributed by atoms with Crippen molar-refractivity contribution in [2.45, 2.75) is 400 Å². The van der Waals surface area contributed by atoms with Gasteiger partial charge in [0.15, 0.2) is 12.2 Å². The molecule has 0 aliphatic rings. The monoisotopic (exact) mass is 1370 g/mol. The number of carbonyl (C=O) groups excluding carboxylic acids is 4. The number of unbranched alkanes of at least 4 members (excludes halogenated alkanes) is 42. The molecule has 0 aromatic heterocycles. The summed E-state index contributed by atoms with van der Waals surface area (Å²) in [6, 6.07) is 0. The zero-order chi connectivity index (χ0) is 68.6. The van der Waals surface area contributed by atoms with Crippen molar-refractivity contribution < 1.29 is 80.2 Å². The Balaban J connectivity index is 5.14. The van der Waals surface area contributed by atoms with Gasteiger partial charge in [-0.05, 0) is 37.5 Å². The number of hydrogen-bond donors (Lipinski definition) is 3. The van der Waals surface area contributed by atoms with Crippen LogP contribution in [-0.2, 0) is 65.4 Å². The Hall–Kier alpha value is -1.94. The van der Waals surface area contributed by atoms with Crippen LogP contribution in [0.15, 0.2) is 0 Å². The lowest BCUT2D eigenvalue weighted by Gasteiger charge is -2.21. The molecule has 0 amide bonds. The average Bonchev–Trinajstić information content (AvgIpc) is 3.70. The molecular weight excluding hydrogens is 1220 g/mol. The second-order valence-electron chi connectivity index (χ2n) is 27.4. The highest BCUT2D eigenvalue weighted by atomic mass is 31.2. The van der Waals surface area contributed by atoms with Gasteiger partial charge in [-0.2, -0.15) is 0 Å². The molecule has 19 heteroatoms. The summed E-state index contributed by atoms with van der Waals surface area (Å²) in [5, 5.41) is 10.6. The van der Waals surface area contributed by atoms with Crippen LogP contribution < -0.4 is 0 Å². The van der Waals surface area contributed by atoms with Gasteiger partial charge in [-0.25, -0.2) is 9.13 Å². The van der Waals surface area contributed by atoms with E-state index in [1.54, 1.807) is 0 Å². The summed E-state index contributed by atoms with van der Waals surface area (Å²) in [5.41, 5.74) is 0. The minimum Gasteiger partial charge on any atom is -0.462 e. The van der Waals surface area contributed by atoms with Crippen molar-refractivity contribution in [2.75, 3.05) is 39.6 Å².